The van der Waals surface area contributed by atoms with Gasteiger partial charge in [-0.3, -0.25) is 0 Å². The molecule has 0 atom stereocenters. The maximum atomic E-state index is 10.9. The zero-order valence-electron chi connectivity index (χ0n) is 11.0. The summed E-state index contributed by atoms with van der Waals surface area (Å²) >= 11 is 0. The molecule has 2 rings (SSSR count). The summed E-state index contributed by atoms with van der Waals surface area (Å²) in [4.78, 5) is 18.8. The van der Waals surface area contributed by atoms with E-state index in [1.54, 1.807) is 7.11 Å². The molecule has 5 nitrogen and oxygen atoms in total. The SMILES string of the molecule is COc1cc(C)c(-c2cc(C(=O)O)ncn2)cc1C. The fourth-order valence-corrected chi connectivity index (χ4v) is 1.91. The van der Waals surface area contributed by atoms with E-state index in [1.165, 1.54) is 12.4 Å². The minimum Gasteiger partial charge on any atom is -0.496 e. The van der Waals surface area contributed by atoms with Gasteiger partial charge in [0.2, 0.25) is 0 Å². The summed E-state index contributed by atoms with van der Waals surface area (Å²) in [5.74, 6) is -0.264. The highest BCUT2D eigenvalue weighted by atomic mass is 16.5. The first kappa shape index (κ1) is 13.0. The summed E-state index contributed by atoms with van der Waals surface area (Å²) in [6.07, 6.45) is 1.26. The van der Waals surface area contributed by atoms with Crippen LogP contribution in [0, 0.1) is 13.8 Å². The van der Waals surface area contributed by atoms with E-state index in [9.17, 15) is 4.79 Å². The molecule has 1 heterocycles. The third kappa shape index (κ3) is 2.54. The highest BCUT2D eigenvalue weighted by molar-refractivity contribution is 5.86. The smallest absolute Gasteiger partial charge is 0.354 e. The van der Waals surface area contributed by atoms with Crippen LogP contribution in [-0.4, -0.2) is 28.2 Å². The van der Waals surface area contributed by atoms with E-state index in [4.69, 9.17) is 9.84 Å². The summed E-state index contributed by atoms with van der Waals surface area (Å²) in [7, 11) is 1.62. The first-order valence-corrected chi connectivity index (χ1v) is 5.74. The second-order valence-electron chi connectivity index (χ2n) is 4.23. The van der Waals surface area contributed by atoms with Crippen LogP contribution < -0.4 is 4.74 Å². The van der Waals surface area contributed by atoms with Crippen molar-refractivity contribution in [1.29, 1.82) is 0 Å². The maximum Gasteiger partial charge on any atom is 0.354 e. The number of ether oxygens (including phenoxy) is 1. The van der Waals surface area contributed by atoms with E-state index in [2.05, 4.69) is 9.97 Å². The molecule has 1 N–H and O–H groups in total. The predicted molar refractivity (Wildman–Crippen MR) is 70.5 cm³/mol. The molecule has 0 aliphatic carbocycles. The van der Waals surface area contributed by atoms with Crippen molar-refractivity contribution >= 4 is 5.97 Å². The van der Waals surface area contributed by atoms with Crippen molar-refractivity contribution in [2.75, 3.05) is 7.11 Å². The van der Waals surface area contributed by atoms with Crippen LogP contribution in [0.4, 0.5) is 0 Å². The van der Waals surface area contributed by atoms with E-state index in [-0.39, 0.29) is 5.69 Å². The Morgan fingerprint density at radius 2 is 1.89 bits per heavy atom. The molecule has 0 fully saturated rings. The molecule has 0 bridgehead atoms. The normalized spacial score (nSPS) is 10.3. The van der Waals surface area contributed by atoms with Crippen molar-refractivity contribution in [3.63, 3.8) is 0 Å². The third-order valence-corrected chi connectivity index (χ3v) is 2.90. The van der Waals surface area contributed by atoms with Gasteiger partial charge in [-0.1, -0.05) is 0 Å². The Kier molecular flexibility index (Phi) is 3.46. The average molecular weight is 258 g/mol. The number of aromatic nitrogens is 2. The molecule has 1 aromatic carbocycles. The molecule has 0 saturated carbocycles. The fourth-order valence-electron chi connectivity index (χ4n) is 1.91. The summed E-state index contributed by atoms with van der Waals surface area (Å²) in [5, 5.41) is 8.95. The van der Waals surface area contributed by atoms with Gasteiger partial charge in [0.1, 0.15) is 12.1 Å². The number of benzene rings is 1. The van der Waals surface area contributed by atoms with Gasteiger partial charge < -0.3 is 9.84 Å². The quantitative estimate of drug-likeness (QED) is 0.915. The zero-order valence-corrected chi connectivity index (χ0v) is 11.0. The van der Waals surface area contributed by atoms with Gasteiger partial charge in [0.25, 0.3) is 0 Å². The van der Waals surface area contributed by atoms with E-state index >= 15 is 0 Å². The Labute approximate surface area is 110 Å². The minimum atomic E-state index is -1.06. The standard InChI is InChI=1S/C14H14N2O3/c1-8-5-13(19-3)9(2)4-10(8)11-6-12(14(17)18)16-7-15-11/h4-7H,1-3H3,(H,17,18). The molecular weight excluding hydrogens is 244 g/mol. The molecule has 19 heavy (non-hydrogen) atoms. The Morgan fingerprint density at radius 3 is 2.53 bits per heavy atom. The number of carbonyl (C=O) groups is 1. The number of aryl methyl sites for hydroxylation is 2. The van der Waals surface area contributed by atoms with Crippen molar-refractivity contribution < 1.29 is 14.6 Å². The Bertz CT molecular complexity index is 639. The van der Waals surface area contributed by atoms with E-state index in [0.29, 0.717) is 5.69 Å². The Hall–Kier alpha value is -2.43. The van der Waals surface area contributed by atoms with Crippen molar-refractivity contribution in [2.24, 2.45) is 0 Å². The Balaban J connectivity index is 2.56. The molecule has 0 aliphatic rings. The van der Waals surface area contributed by atoms with E-state index < -0.39 is 5.97 Å². The molecule has 1 aromatic heterocycles. The lowest BCUT2D eigenvalue weighted by Crippen LogP contribution is -2.02. The molecule has 2 aromatic rings. The van der Waals surface area contributed by atoms with Crippen molar-refractivity contribution in [2.45, 2.75) is 13.8 Å². The van der Waals surface area contributed by atoms with Crippen molar-refractivity contribution in [3.05, 3.63) is 41.3 Å². The van der Waals surface area contributed by atoms with Gasteiger partial charge in [0.05, 0.1) is 12.8 Å². The lowest BCUT2D eigenvalue weighted by molar-refractivity contribution is 0.0690. The van der Waals surface area contributed by atoms with Gasteiger partial charge in [-0.25, -0.2) is 14.8 Å². The van der Waals surface area contributed by atoms with E-state index in [1.807, 2.05) is 26.0 Å². The second kappa shape index (κ2) is 5.06. The molecule has 0 amide bonds. The second-order valence-corrected chi connectivity index (χ2v) is 4.23. The molecule has 5 heteroatoms. The summed E-state index contributed by atoms with van der Waals surface area (Å²) in [5.41, 5.74) is 3.40. The minimum absolute atomic E-state index is 0.0159. The summed E-state index contributed by atoms with van der Waals surface area (Å²) in [6, 6.07) is 5.31. The number of aromatic carboxylic acids is 1. The number of carboxylic acids is 1. The number of rotatable bonds is 3. The van der Waals surface area contributed by atoms with Crippen LogP contribution in [0.1, 0.15) is 21.6 Å². The van der Waals surface area contributed by atoms with Crippen LogP contribution in [0.2, 0.25) is 0 Å². The number of methoxy groups -OCH3 is 1. The van der Waals surface area contributed by atoms with Gasteiger partial charge in [-0.15, -0.1) is 0 Å². The van der Waals surface area contributed by atoms with E-state index in [0.717, 1.165) is 22.4 Å². The lowest BCUT2D eigenvalue weighted by Gasteiger charge is -2.11. The van der Waals surface area contributed by atoms with Crippen molar-refractivity contribution in [3.8, 4) is 17.0 Å². The van der Waals surface area contributed by atoms with Crippen LogP contribution in [0.25, 0.3) is 11.3 Å². The van der Waals surface area contributed by atoms with Gasteiger partial charge in [-0.2, -0.15) is 0 Å². The number of hydrogen-bond donors (Lipinski definition) is 1. The first-order valence-electron chi connectivity index (χ1n) is 5.74. The molecule has 98 valence electrons. The highest BCUT2D eigenvalue weighted by Crippen LogP contribution is 2.28. The molecule has 0 unspecified atom stereocenters. The van der Waals surface area contributed by atoms with Crippen LogP contribution in [0.5, 0.6) is 5.75 Å². The van der Waals surface area contributed by atoms with Gasteiger partial charge >= 0.3 is 5.97 Å². The zero-order chi connectivity index (χ0) is 14.0. The fraction of sp³-hybridized carbons (Fsp3) is 0.214. The van der Waals surface area contributed by atoms with Crippen molar-refractivity contribution in [1.82, 2.24) is 9.97 Å². The van der Waals surface area contributed by atoms with Crippen LogP contribution in [0.15, 0.2) is 24.5 Å². The molecule has 0 aliphatic heterocycles. The summed E-state index contributed by atoms with van der Waals surface area (Å²) < 4.78 is 5.25. The number of carboxylic acid groups (broad SMARTS) is 1. The number of nitrogens with zero attached hydrogens (tertiary/aromatic N) is 2. The van der Waals surface area contributed by atoms with Gasteiger partial charge in [-0.05, 0) is 43.2 Å². The highest BCUT2D eigenvalue weighted by Gasteiger charge is 2.11. The third-order valence-electron chi connectivity index (χ3n) is 2.90. The van der Waals surface area contributed by atoms with Crippen LogP contribution >= 0.6 is 0 Å². The van der Waals surface area contributed by atoms with Crippen LogP contribution in [0.3, 0.4) is 0 Å². The number of hydrogen-bond acceptors (Lipinski definition) is 4. The largest absolute Gasteiger partial charge is 0.496 e. The summed E-state index contributed by atoms with van der Waals surface area (Å²) in [6.45, 7) is 3.86. The first-order chi connectivity index (χ1) is 9.02. The van der Waals surface area contributed by atoms with Gasteiger partial charge in [0.15, 0.2) is 5.69 Å². The molecule has 0 saturated heterocycles. The van der Waals surface area contributed by atoms with Gasteiger partial charge in [0, 0.05) is 5.56 Å². The predicted octanol–water partition coefficient (Wildman–Crippen LogP) is 2.47. The van der Waals surface area contributed by atoms with Crippen LogP contribution in [-0.2, 0) is 0 Å². The molecular formula is C14H14N2O3. The molecule has 0 spiro atoms. The lowest BCUT2D eigenvalue weighted by atomic mass is 10.0. The monoisotopic (exact) mass is 258 g/mol. The topological polar surface area (TPSA) is 72.3 Å². The molecule has 0 radical (unpaired) electrons. The maximum absolute atomic E-state index is 10.9. The Morgan fingerprint density at radius 1 is 1.16 bits per heavy atom. The average Bonchev–Trinajstić information content (AvgIpc) is 2.41.